The van der Waals surface area contributed by atoms with Crippen LogP contribution < -0.4 is 0 Å². The van der Waals surface area contributed by atoms with E-state index in [0.717, 1.165) is 4.80 Å². The standard InChI is InChI=1S/C10H10FN3/c1-2-5-10(11)14-12-8-6-3-4-7-9(8)13-14/h2-4,6-7,10H,1,5H2. The molecule has 0 aliphatic carbocycles. The molecule has 0 saturated heterocycles. The second-order valence-electron chi connectivity index (χ2n) is 2.97. The summed E-state index contributed by atoms with van der Waals surface area (Å²) in [4.78, 5) is 1.09. The zero-order valence-electron chi connectivity index (χ0n) is 7.60. The van der Waals surface area contributed by atoms with Crippen LogP contribution in [0.4, 0.5) is 4.39 Å². The molecule has 72 valence electrons. The van der Waals surface area contributed by atoms with Gasteiger partial charge in [-0.05, 0) is 12.1 Å². The Balaban J connectivity index is 2.39. The molecule has 0 aliphatic rings. The van der Waals surface area contributed by atoms with Crippen molar-refractivity contribution in [1.82, 2.24) is 15.0 Å². The molecule has 1 atom stereocenters. The maximum absolute atomic E-state index is 13.3. The van der Waals surface area contributed by atoms with Crippen molar-refractivity contribution in [2.45, 2.75) is 12.7 Å². The van der Waals surface area contributed by atoms with E-state index < -0.39 is 6.30 Å². The van der Waals surface area contributed by atoms with Gasteiger partial charge in [0.05, 0.1) is 0 Å². The molecule has 0 radical (unpaired) electrons. The predicted octanol–water partition coefficient (Wildman–Crippen LogP) is 2.48. The molecular weight excluding hydrogens is 181 g/mol. The second-order valence-corrected chi connectivity index (χ2v) is 2.97. The lowest BCUT2D eigenvalue weighted by Crippen LogP contribution is -2.06. The molecule has 1 unspecified atom stereocenters. The van der Waals surface area contributed by atoms with E-state index in [1.165, 1.54) is 6.08 Å². The number of nitrogens with zero attached hydrogens (tertiary/aromatic N) is 3. The van der Waals surface area contributed by atoms with Crippen LogP contribution in [0.3, 0.4) is 0 Å². The minimum atomic E-state index is -1.22. The molecule has 1 aromatic heterocycles. The van der Waals surface area contributed by atoms with E-state index in [2.05, 4.69) is 16.8 Å². The summed E-state index contributed by atoms with van der Waals surface area (Å²) in [7, 11) is 0. The van der Waals surface area contributed by atoms with Gasteiger partial charge in [0.2, 0.25) is 6.30 Å². The van der Waals surface area contributed by atoms with Crippen molar-refractivity contribution >= 4 is 11.0 Å². The Labute approximate surface area is 80.8 Å². The molecule has 4 heteroatoms. The number of halogens is 1. The maximum Gasteiger partial charge on any atom is 0.213 e. The minimum absolute atomic E-state index is 0.223. The molecule has 0 saturated carbocycles. The van der Waals surface area contributed by atoms with Gasteiger partial charge in [0.15, 0.2) is 0 Å². The number of hydrogen-bond donors (Lipinski definition) is 0. The fraction of sp³-hybridized carbons (Fsp3) is 0.200. The Kier molecular flexibility index (Phi) is 2.26. The van der Waals surface area contributed by atoms with Crippen molar-refractivity contribution in [2.75, 3.05) is 0 Å². The van der Waals surface area contributed by atoms with Crippen LogP contribution in [0.15, 0.2) is 36.9 Å². The van der Waals surface area contributed by atoms with Gasteiger partial charge in [0, 0.05) is 6.42 Å². The molecule has 0 amide bonds. The summed E-state index contributed by atoms with van der Waals surface area (Å²) in [6, 6.07) is 7.31. The molecule has 0 bridgehead atoms. The smallest absolute Gasteiger partial charge is 0.213 e. The van der Waals surface area contributed by atoms with Crippen molar-refractivity contribution in [3.8, 4) is 0 Å². The number of hydrogen-bond acceptors (Lipinski definition) is 2. The third kappa shape index (κ3) is 1.51. The summed E-state index contributed by atoms with van der Waals surface area (Å²) < 4.78 is 13.3. The van der Waals surface area contributed by atoms with Gasteiger partial charge in [-0.2, -0.15) is 10.2 Å². The number of benzene rings is 1. The van der Waals surface area contributed by atoms with Gasteiger partial charge in [0.1, 0.15) is 11.0 Å². The third-order valence-electron chi connectivity index (χ3n) is 1.91. The van der Waals surface area contributed by atoms with Crippen LogP contribution in [-0.4, -0.2) is 15.0 Å². The number of aromatic nitrogens is 3. The highest BCUT2D eigenvalue weighted by Crippen LogP contribution is 2.14. The molecule has 1 aromatic carbocycles. The first-order valence-corrected chi connectivity index (χ1v) is 4.38. The Morgan fingerprint density at radius 3 is 2.43 bits per heavy atom. The topological polar surface area (TPSA) is 30.7 Å². The SMILES string of the molecule is C=CCC(F)n1nc2ccccc2n1. The van der Waals surface area contributed by atoms with Crippen LogP contribution in [-0.2, 0) is 0 Å². The summed E-state index contributed by atoms with van der Waals surface area (Å²) in [5.74, 6) is 0. The van der Waals surface area contributed by atoms with Crippen LogP contribution in [0.2, 0.25) is 0 Å². The average molecular weight is 191 g/mol. The lowest BCUT2D eigenvalue weighted by Gasteiger charge is -2.01. The largest absolute Gasteiger partial charge is 0.219 e. The Bertz CT molecular complexity index is 416. The van der Waals surface area contributed by atoms with Crippen molar-refractivity contribution in [3.63, 3.8) is 0 Å². The second kappa shape index (κ2) is 3.57. The van der Waals surface area contributed by atoms with Gasteiger partial charge >= 0.3 is 0 Å². The van der Waals surface area contributed by atoms with E-state index in [1.54, 1.807) is 12.1 Å². The first kappa shape index (κ1) is 8.87. The highest BCUT2D eigenvalue weighted by molar-refractivity contribution is 5.72. The van der Waals surface area contributed by atoms with Crippen molar-refractivity contribution in [1.29, 1.82) is 0 Å². The normalized spacial score (nSPS) is 12.9. The van der Waals surface area contributed by atoms with E-state index in [4.69, 9.17) is 0 Å². The first-order valence-electron chi connectivity index (χ1n) is 4.38. The molecule has 3 nitrogen and oxygen atoms in total. The monoisotopic (exact) mass is 191 g/mol. The lowest BCUT2D eigenvalue weighted by molar-refractivity contribution is 0.201. The van der Waals surface area contributed by atoms with Crippen LogP contribution in [0.5, 0.6) is 0 Å². The fourth-order valence-electron chi connectivity index (χ4n) is 1.23. The summed E-state index contributed by atoms with van der Waals surface area (Å²) in [5, 5.41) is 8.03. The highest BCUT2D eigenvalue weighted by atomic mass is 19.1. The molecule has 0 N–H and O–H groups in total. The van der Waals surface area contributed by atoms with Gasteiger partial charge in [-0.15, -0.1) is 11.4 Å². The van der Waals surface area contributed by atoms with E-state index >= 15 is 0 Å². The van der Waals surface area contributed by atoms with Crippen molar-refractivity contribution in [2.24, 2.45) is 0 Å². The zero-order valence-corrected chi connectivity index (χ0v) is 7.60. The number of rotatable bonds is 3. The zero-order chi connectivity index (χ0) is 9.97. The van der Waals surface area contributed by atoms with E-state index in [0.29, 0.717) is 11.0 Å². The van der Waals surface area contributed by atoms with E-state index in [9.17, 15) is 4.39 Å². The van der Waals surface area contributed by atoms with Crippen molar-refractivity contribution < 1.29 is 4.39 Å². The molecule has 2 rings (SSSR count). The fourth-order valence-corrected chi connectivity index (χ4v) is 1.23. The number of alkyl halides is 1. The van der Waals surface area contributed by atoms with Gasteiger partial charge in [-0.3, -0.25) is 0 Å². The molecule has 0 spiro atoms. The molecule has 0 aliphatic heterocycles. The van der Waals surface area contributed by atoms with Gasteiger partial charge < -0.3 is 0 Å². The van der Waals surface area contributed by atoms with Crippen LogP contribution in [0.1, 0.15) is 12.7 Å². The quantitative estimate of drug-likeness (QED) is 0.698. The van der Waals surface area contributed by atoms with Crippen molar-refractivity contribution in [3.05, 3.63) is 36.9 Å². The third-order valence-corrected chi connectivity index (χ3v) is 1.91. The van der Waals surface area contributed by atoms with E-state index in [-0.39, 0.29) is 6.42 Å². The van der Waals surface area contributed by atoms with Crippen LogP contribution in [0, 0.1) is 0 Å². The summed E-state index contributed by atoms with van der Waals surface area (Å²) in [6.45, 7) is 3.47. The summed E-state index contributed by atoms with van der Waals surface area (Å²) >= 11 is 0. The molecule has 0 fully saturated rings. The summed E-state index contributed by atoms with van der Waals surface area (Å²) in [6.07, 6.45) is 0.513. The molecule has 14 heavy (non-hydrogen) atoms. The lowest BCUT2D eigenvalue weighted by atomic mass is 10.3. The molecular formula is C10H10FN3. The molecule has 2 aromatic rings. The Morgan fingerprint density at radius 2 is 1.93 bits per heavy atom. The average Bonchev–Trinajstić information content (AvgIpc) is 2.61. The Morgan fingerprint density at radius 1 is 1.36 bits per heavy atom. The maximum atomic E-state index is 13.3. The Hall–Kier alpha value is -1.71. The number of fused-ring (bicyclic) bond motifs is 1. The van der Waals surface area contributed by atoms with Crippen LogP contribution in [0.25, 0.3) is 11.0 Å². The van der Waals surface area contributed by atoms with Crippen LogP contribution >= 0.6 is 0 Å². The predicted molar refractivity (Wildman–Crippen MR) is 52.5 cm³/mol. The first-order chi connectivity index (χ1) is 6.81. The minimum Gasteiger partial charge on any atom is -0.219 e. The highest BCUT2D eigenvalue weighted by Gasteiger charge is 2.10. The van der Waals surface area contributed by atoms with Gasteiger partial charge in [-0.1, -0.05) is 18.2 Å². The molecule has 1 heterocycles. The number of allylic oxidation sites excluding steroid dienone is 1. The summed E-state index contributed by atoms with van der Waals surface area (Å²) in [5.41, 5.74) is 1.42. The van der Waals surface area contributed by atoms with E-state index in [1.807, 2.05) is 12.1 Å². The van der Waals surface area contributed by atoms with Gasteiger partial charge in [-0.25, -0.2) is 4.39 Å². The van der Waals surface area contributed by atoms with Gasteiger partial charge in [0.25, 0.3) is 0 Å².